The van der Waals surface area contributed by atoms with Crippen LogP contribution >= 0.6 is 0 Å². The van der Waals surface area contributed by atoms with Gasteiger partial charge in [0, 0.05) is 19.8 Å². The number of aromatic nitrogens is 2. The number of rotatable bonds is 3. The summed E-state index contributed by atoms with van der Waals surface area (Å²) in [6.45, 7) is 2.66. The molecule has 1 heterocycles. The molecule has 2 atom stereocenters. The van der Waals surface area contributed by atoms with E-state index in [0.717, 1.165) is 19.3 Å². The van der Waals surface area contributed by atoms with Gasteiger partial charge < -0.3 is 15.6 Å². The van der Waals surface area contributed by atoms with Gasteiger partial charge in [-0.1, -0.05) is 19.8 Å². The maximum absolute atomic E-state index is 12.2. The Morgan fingerprint density at radius 3 is 3.00 bits per heavy atom. The van der Waals surface area contributed by atoms with Gasteiger partial charge in [0.05, 0.1) is 11.9 Å². The third-order valence-corrected chi connectivity index (χ3v) is 4.12. The van der Waals surface area contributed by atoms with E-state index >= 15 is 0 Å². The highest BCUT2D eigenvalue weighted by atomic mass is 16.2. The van der Waals surface area contributed by atoms with Crippen molar-refractivity contribution in [2.24, 2.45) is 18.7 Å². The Labute approximate surface area is 108 Å². The first kappa shape index (κ1) is 13.1. The average Bonchev–Trinajstić information content (AvgIpc) is 2.79. The van der Waals surface area contributed by atoms with Gasteiger partial charge in [-0.25, -0.2) is 4.98 Å². The number of hydrogen-bond donors (Lipinski definition) is 2. The summed E-state index contributed by atoms with van der Waals surface area (Å²) >= 11 is 0. The number of carbonyl (C=O) groups excluding carboxylic acids is 1. The second kappa shape index (κ2) is 5.10. The van der Waals surface area contributed by atoms with Crippen LogP contribution in [0.1, 0.15) is 43.1 Å². The molecule has 5 heteroatoms. The molecule has 0 spiro atoms. The molecule has 0 aromatic carbocycles. The summed E-state index contributed by atoms with van der Waals surface area (Å²) < 4.78 is 1.77. The molecule has 2 unspecified atom stereocenters. The van der Waals surface area contributed by atoms with Crippen LogP contribution in [0.2, 0.25) is 0 Å². The fourth-order valence-corrected chi connectivity index (χ4v) is 2.77. The first-order valence-corrected chi connectivity index (χ1v) is 6.58. The molecule has 18 heavy (non-hydrogen) atoms. The van der Waals surface area contributed by atoms with Crippen molar-refractivity contribution >= 4 is 5.91 Å². The van der Waals surface area contributed by atoms with Crippen molar-refractivity contribution < 1.29 is 4.79 Å². The predicted molar refractivity (Wildman–Crippen MR) is 70.1 cm³/mol. The van der Waals surface area contributed by atoms with Crippen molar-refractivity contribution in [3.63, 3.8) is 0 Å². The SMILES string of the molecule is CC1CCCCC1(CN)NC(=O)c1cn(C)cn1. The summed E-state index contributed by atoms with van der Waals surface area (Å²) in [5.41, 5.74) is 6.12. The Balaban J connectivity index is 2.12. The van der Waals surface area contributed by atoms with E-state index in [4.69, 9.17) is 5.73 Å². The van der Waals surface area contributed by atoms with E-state index in [2.05, 4.69) is 17.2 Å². The number of nitrogens with two attached hydrogens (primary N) is 1. The summed E-state index contributed by atoms with van der Waals surface area (Å²) in [6, 6.07) is 0. The standard InChI is InChI=1S/C13H22N4O/c1-10-5-3-4-6-13(10,8-14)16-12(18)11-7-17(2)9-15-11/h7,9-10H,3-6,8,14H2,1-2H3,(H,16,18). The molecule has 1 amide bonds. The molecule has 3 N–H and O–H groups in total. The van der Waals surface area contributed by atoms with E-state index in [0.29, 0.717) is 18.2 Å². The second-order valence-corrected chi connectivity index (χ2v) is 5.39. The van der Waals surface area contributed by atoms with Gasteiger partial charge in [-0.3, -0.25) is 4.79 Å². The van der Waals surface area contributed by atoms with E-state index in [1.807, 2.05) is 7.05 Å². The van der Waals surface area contributed by atoms with Gasteiger partial charge >= 0.3 is 0 Å². The van der Waals surface area contributed by atoms with E-state index in [1.54, 1.807) is 17.1 Å². The molecule has 0 saturated heterocycles. The largest absolute Gasteiger partial charge is 0.344 e. The number of hydrogen-bond acceptors (Lipinski definition) is 3. The minimum atomic E-state index is -0.257. The number of carbonyl (C=O) groups is 1. The zero-order valence-electron chi connectivity index (χ0n) is 11.1. The molecule has 1 aliphatic carbocycles. The van der Waals surface area contributed by atoms with Crippen molar-refractivity contribution in [2.45, 2.75) is 38.1 Å². The highest BCUT2D eigenvalue weighted by Crippen LogP contribution is 2.33. The molecule has 1 aromatic rings. The van der Waals surface area contributed by atoms with Crippen LogP contribution in [0.4, 0.5) is 0 Å². The second-order valence-electron chi connectivity index (χ2n) is 5.39. The fourth-order valence-electron chi connectivity index (χ4n) is 2.77. The van der Waals surface area contributed by atoms with Crippen LogP contribution in [0.25, 0.3) is 0 Å². The van der Waals surface area contributed by atoms with Gasteiger partial charge in [0.2, 0.25) is 0 Å². The van der Waals surface area contributed by atoms with Gasteiger partial charge in [0.25, 0.3) is 5.91 Å². The lowest BCUT2D eigenvalue weighted by molar-refractivity contribution is 0.0808. The molecule has 1 fully saturated rings. The lowest BCUT2D eigenvalue weighted by atomic mass is 9.73. The maximum atomic E-state index is 12.2. The molecule has 1 aliphatic rings. The zero-order chi connectivity index (χ0) is 13.2. The highest BCUT2D eigenvalue weighted by Gasteiger charge is 2.38. The van der Waals surface area contributed by atoms with E-state index in [1.165, 1.54) is 6.42 Å². The quantitative estimate of drug-likeness (QED) is 0.842. The van der Waals surface area contributed by atoms with E-state index in [-0.39, 0.29) is 11.4 Å². The van der Waals surface area contributed by atoms with Crippen LogP contribution < -0.4 is 11.1 Å². The molecule has 1 aromatic heterocycles. The molecule has 100 valence electrons. The lowest BCUT2D eigenvalue weighted by Gasteiger charge is -2.42. The first-order valence-electron chi connectivity index (χ1n) is 6.58. The van der Waals surface area contributed by atoms with Crippen molar-refractivity contribution in [1.29, 1.82) is 0 Å². The van der Waals surface area contributed by atoms with Crippen LogP contribution in [0.3, 0.4) is 0 Å². The molecule has 2 rings (SSSR count). The minimum absolute atomic E-state index is 0.116. The third-order valence-electron chi connectivity index (χ3n) is 4.12. The van der Waals surface area contributed by atoms with Crippen LogP contribution in [-0.4, -0.2) is 27.5 Å². The van der Waals surface area contributed by atoms with Crippen LogP contribution in [0, 0.1) is 5.92 Å². The molecule has 0 radical (unpaired) electrons. The minimum Gasteiger partial charge on any atom is -0.344 e. The third kappa shape index (κ3) is 2.41. The van der Waals surface area contributed by atoms with Crippen molar-refractivity contribution in [2.75, 3.05) is 6.54 Å². The Morgan fingerprint density at radius 2 is 2.44 bits per heavy atom. The van der Waals surface area contributed by atoms with Gasteiger partial charge in [-0.2, -0.15) is 0 Å². The number of amides is 1. The summed E-state index contributed by atoms with van der Waals surface area (Å²) in [6.07, 6.45) is 7.80. The molecule has 0 aliphatic heterocycles. The Hall–Kier alpha value is -1.36. The van der Waals surface area contributed by atoms with Crippen molar-refractivity contribution in [3.8, 4) is 0 Å². The number of imidazole rings is 1. The van der Waals surface area contributed by atoms with Gasteiger partial charge in [-0.05, 0) is 18.8 Å². The number of nitrogens with one attached hydrogen (secondary N) is 1. The van der Waals surface area contributed by atoms with E-state index in [9.17, 15) is 4.79 Å². The maximum Gasteiger partial charge on any atom is 0.271 e. The number of nitrogens with zero attached hydrogens (tertiary/aromatic N) is 2. The average molecular weight is 250 g/mol. The van der Waals surface area contributed by atoms with Crippen LogP contribution in [-0.2, 0) is 7.05 Å². The lowest BCUT2D eigenvalue weighted by Crippen LogP contribution is -2.59. The van der Waals surface area contributed by atoms with Gasteiger partial charge in [0.1, 0.15) is 5.69 Å². The van der Waals surface area contributed by atoms with Crippen molar-refractivity contribution in [3.05, 3.63) is 18.2 Å². The Morgan fingerprint density at radius 1 is 1.67 bits per heavy atom. The fraction of sp³-hybridized carbons (Fsp3) is 0.692. The van der Waals surface area contributed by atoms with E-state index < -0.39 is 0 Å². The monoisotopic (exact) mass is 250 g/mol. The molecule has 5 nitrogen and oxygen atoms in total. The Kier molecular flexibility index (Phi) is 3.71. The normalized spacial score (nSPS) is 28.1. The van der Waals surface area contributed by atoms with Crippen LogP contribution in [0.5, 0.6) is 0 Å². The molecule has 1 saturated carbocycles. The summed E-state index contributed by atoms with van der Waals surface area (Å²) in [7, 11) is 1.85. The van der Waals surface area contributed by atoms with Gasteiger partial charge in [-0.15, -0.1) is 0 Å². The van der Waals surface area contributed by atoms with Gasteiger partial charge in [0.15, 0.2) is 0 Å². The molecular weight excluding hydrogens is 228 g/mol. The molecular formula is C13H22N4O. The summed E-state index contributed by atoms with van der Waals surface area (Å²) in [5, 5.41) is 3.12. The zero-order valence-corrected chi connectivity index (χ0v) is 11.1. The van der Waals surface area contributed by atoms with Crippen LogP contribution in [0.15, 0.2) is 12.5 Å². The Bertz CT molecular complexity index is 428. The summed E-state index contributed by atoms with van der Waals surface area (Å²) in [5.74, 6) is 0.304. The smallest absolute Gasteiger partial charge is 0.271 e. The number of aryl methyl sites for hydroxylation is 1. The highest BCUT2D eigenvalue weighted by molar-refractivity contribution is 5.92. The topological polar surface area (TPSA) is 72.9 Å². The molecule has 0 bridgehead atoms. The summed E-state index contributed by atoms with van der Waals surface area (Å²) in [4.78, 5) is 16.3. The van der Waals surface area contributed by atoms with Crippen molar-refractivity contribution in [1.82, 2.24) is 14.9 Å². The first-order chi connectivity index (χ1) is 8.57. The predicted octanol–water partition coefficient (Wildman–Crippen LogP) is 1.06.